The van der Waals surface area contributed by atoms with E-state index in [1.54, 1.807) is 30.3 Å². The molecule has 0 radical (unpaired) electrons. The van der Waals surface area contributed by atoms with Crippen molar-refractivity contribution in [3.63, 3.8) is 0 Å². The third kappa shape index (κ3) is 4.08. The molecule has 0 saturated carbocycles. The van der Waals surface area contributed by atoms with Crippen LogP contribution in [-0.2, 0) is 10.0 Å². The highest BCUT2D eigenvalue weighted by atomic mass is 35.5. The van der Waals surface area contributed by atoms with E-state index in [0.717, 1.165) is 6.42 Å². The van der Waals surface area contributed by atoms with Crippen LogP contribution in [0.25, 0.3) is 0 Å². The number of amides is 1. The van der Waals surface area contributed by atoms with Crippen molar-refractivity contribution in [3.8, 4) is 0 Å². The maximum absolute atomic E-state index is 12.5. The van der Waals surface area contributed by atoms with E-state index in [9.17, 15) is 13.2 Å². The number of sulfonamides is 1. The molecule has 2 aromatic rings. The van der Waals surface area contributed by atoms with Crippen LogP contribution in [-0.4, -0.2) is 26.6 Å². The fourth-order valence-corrected chi connectivity index (χ4v) is 4.61. The molecule has 0 aliphatic carbocycles. The molecule has 132 valence electrons. The smallest absolute Gasteiger partial charge is 0.257 e. The van der Waals surface area contributed by atoms with Crippen molar-refractivity contribution in [2.24, 2.45) is 0 Å². The molecule has 1 fully saturated rings. The van der Waals surface area contributed by atoms with Crippen LogP contribution < -0.4 is 9.62 Å². The first kappa shape index (κ1) is 18.0. The normalized spacial score (nSPS) is 16.5. The van der Waals surface area contributed by atoms with Crippen LogP contribution in [0.2, 0.25) is 10.0 Å². The second kappa shape index (κ2) is 7.23. The number of nitrogens with zero attached hydrogens (tertiary/aromatic N) is 1. The molecular weight excluding hydrogens is 383 g/mol. The van der Waals surface area contributed by atoms with Crippen molar-refractivity contribution in [2.75, 3.05) is 21.9 Å². The van der Waals surface area contributed by atoms with Crippen LogP contribution in [0.1, 0.15) is 23.2 Å². The number of hydrogen-bond donors (Lipinski definition) is 1. The lowest BCUT2D eigenvalue weighted by atomic mass is 10.1. The third-order valence-electron chi connectivity index (χ3n) is 3.93. The van der Waals surface area contributed by atoms with Crippen LogP contribution in [0.4, 0.5) is 11.4 Å². The summed E-state index contributed by atoms with van der Waals surface area (Å²) in [6, 6.07) is 11.3. The molecule has 3 rings (SSSR count). The Morgan fingerprint density at radius 1 is 1.04 bits per heavy atom. The number of nitrogens with one attached hydrogen (secondary N) is 1. The van der Waals surface area contributed by atoms with Crippen molar-refractivity contribution in [2.45, 2.75) is 12.8 Å². The Hall–Kier alpha value is -1.76. The fraction of sp³-hybridized carbons (Fsp3) is 0.235. The highest BCUT2D eigenvalue weighted by Crippen LogP contribution is 2.28. The van der Waals surface area contributed by atoms with Crippen molar-refractivity contribution >= 4 is 50.5 Å². The largest absolute Gasteiger partial charge is 0.322 e. The first-order chi connectivity index (χ1) is 11.9. The van der Waals surface area contributed by atoms with E-state index in [2.05, 4.69) is 5.32 Å². The first-order valence-corrected chi connectivity index (χ1v) is 10.1. The lowest BCUT2D eigenvalue weighted by molar-refractivity contribution is 0.102. The van der Waals surface area contributed by atoms with Crippen LogP contribution in [0, 0.1) is 0 Å². The van der Waals surface area contributed by atoms with Gasteiger partial charge in [-0.05, 0) is 55.3 Å². The van der Waals surface area contributed by atoms with E-state index in [0.29, 0.717) is 29.4 Å². The summed E-state index contributed by atoms with van der Waals surface area (Å²) in [5, 5.41) is 3.54. The van der Waals surface area contributed by atoms with Crippen molar-refractivity contribution in [3.05, 3.63) is 58.1 Å². The van der Waals surface area contributed by atoms with Crippen LogP contribution in [0.5, 0.6) is 0 Å². The number of rotatable bonds is 3. The number of hydrogen-bond acceptors (Lipinski definition) is 3. The van der Waals surface area contributed by atoms with Gasteiger partial charge in [0.2, 0.25) is 10.0 Å². The minimum atomic E-state index is -3.35. The zero-order valence-corrected chi connectivity index (χ0v) is 15.5. The Balaban J connectivity index is 1.88. The molecule has 0 bridgehead atoms. The van der Waals surface area contributed by atoms with Gasteiger partial charge in [-0.1, -0.05) is 23.2 Å². The Morgan fingerprint density at radius 3 is 2.44 bits per heavy atom. The summed E-state index contributed by atoms with van der Waals surface area (Å²) in [7, 11) is -3.35. The predicted octanol–water partition coefficient (Wildman–Crippen LogP) is 4.18. The fourth-order valence-electron chi connectivity index (χ4n) is 2.65. The monoisotopic (exact) mass is 398 g/mol. The molecule has 5 nitrogen and oxygen atoms in total. The van der Waals surface area contributed by atoms with Gasteiger partial charge in [0.25, 0.3) is 5.91 Å². The lowest BCUT2D eigenvalue weighted by Gasteiger charge is -2.28. The van der Waals surface area contributed by atoms with Gasteiger partial charge in [0.1, 0.15) is 0 Å². The molecule has 1 saturated heterocycles. The SMILES string of the molecule is O=C(Nc1ccc(Cl)cc1)c1cc(N2CCCCS2(=O)=O)ccc1Cl. The summed E-state index contributed by atoms with van der Waals surface area (Å²) in [6.45, 7) is 0.405. The van der Waals surface area contributed by atoms with E-state index in [-0.39, 0.29) is 16.3 Å². The molecule has 0 unspecified atom stereocenters. The summed E-state index contributed by atoms with van der Waals surface area (Å²) in [4.78, 5) is 12.5. The minimum absolute atomic E-state index is 0.113. The summed E-state index contributed by atoms with van der Waals surface area (Å²) < 4.78 is 25.8. The van der Waals surface area contributed by atoms with Crippen molar-refractivity contribution in [1.29, 1.82) is 0 Å². The lowest BCUT2D eigenvalue weighted by Crippen LogP contribution is -2.38. The van der Waals surface area contributed by atoms with E-state index in [1.165, 1.54) is 16.4 Å². The quantitative estimate of drug-likeness (QED) is 0.842. The molecule has 1 aliphatic rings. The molecular formula is C17H16Cl2N2O3S. The average molecular weight is 399 g/mol. The van der Waals surface area contributed by atoms with E-state index in [1.807, 2.05) is 0 Å². The average Bonchev–Trinajstić information content (AvgIpc) is 2.57. The summed E-state index contributed by atoms with van der Waals surface area (Å²) in [6.07, 6.45) is 1.44. The van der Waals surface area contributed by atoms with Gasteiger partial charge in [-0.3, -0.25) is 9.10 Å². The molecule has 2 aromatic carbocycles. The van der Waals surface area contributed by atoms with Crippen LogP contribution in [0.15, 0.2) is 42.5 Å². The molecule has 1 heterocycles. The number of carbonyl (C=O) groups excluding carboxylic acids is 1. The van der Waals surface area contributed by atoms with Gasteiger partial charge in [0, 0.05) is 17.3 Å². The first-order valence-electron chi connectivity index (χ1n) is 7.74. The summed E-state index contributed by atoms with van der Waals surface area (Å²) in [5.41, 5.74) is 1.24. The van der Waals surface area contributed by atoms with Crippen LogP contribution in [0.3, 0.4) is 0 Å². The molecule has 1 N–H and O–H groups in total. The van der Waals surface area contributed by atoms with Crippen molar-refractivity contribution in [1.82, 2.24) is 0 Å². The van der Waals surface area contributed by atoms with E-state index < -0.39 is 15.9 Å². The predicted molar refractivity (Wildman–Crippen MR) is 101 cm³/mol. The molecule has 0 aromatic heterocycles. The van der Waals surface area contributed by atoms with Gasteiger partial charge in [-0.2, -0.15) is 0 Å². The Bertz CT molecular complexity index is 899. The summed E-state index contributed by atoms with van der Waals surface area (Å²) in [5.74, 6) is -0.300. The molecule has 25 heavy (non-hydrogen) atoms. The van der Waals surface area contributed by atoms with Crippen molar-refractivity contribution < 1.29 is 13.2 Å². The van der Waals surface area contributed by atoms with Gasteiger partial charge in [-0.25, -0.2) is 8.42 Å². The topological polar surface area (TPSA) is 66.5 Å². The van der Waals surface area contributed by atoms with Gasteiger partial charge in [0.15, 0.2) is 0 Å². The standard InChI is InChI=1S/C17H16Cl2N2O3S/c18-12-3-5-13(6-4-12)20-17(22)15-11-14(7-8-16(15)19)21-9-1-2-10-25(21,23)24/h3-8,11H,1-2,9-10H2,(H,20,22). The zero-order chi connectivity index (χ0) is 18.0. The maximum Gasteiger partial charge on any atom is 0.257 e. The van der Waals surface area contributed by atoms with Crippen LogP contribution >= 0.6 is 23.2 Å². The van der Waals surface area contributed by atoms with Gasteiger partial charge >= 0.3 is 0 Å². The molecule has 1 amide bonds. The number of halogens is 2. The Labute approximate surface area is 156 Å². The zero-order valence-electron chi connectivity index (χ0n) is 13.2. The number of anilines is 2. The number of benzene rings is 2. The van der Waals surface area contributed by atoms with Gasteiger partial charge in [0.05, 0.1) is 22.0 Å². The highest BCUT2D eigenvalue weighted by Gasteiger charge is 2.27. The Morgan fingerprint density at radius 2 is 1.76 bits per heavy atom. The molecule has 0 atom stereocenters. The second-order valence-electron chi connectivity index (χ2n) is 5.72. The molecule has 1 aliphatic heterocycles. The minimum Gasteiger partial charge on any atom is -0.322 e. The highest BCUT2D eigenvalue weighted by molar-refractivity contribution is 7.92. The third-order valence-corrected chi connectivity index (χ3v) is 6.39. The second-order valence-corrected chi connectivity index (χ2v) is 8.58. The Kier molecular flexibility index (Phi) is 5.22. The number of carbonyl (C=O) groups is 1. The molecule has 0 spiro atoms. The molecule has 8 heteroatoms. The van der Waals surface area contributed by atoms with Gasteiger partial charge < -0.3 is 5.32 Å². The summed E-state index contributed by atoms with van der Waals surface area (Å²) >= 11 is 12.0. The van der Waals surface area contributed by atoms with Gasteiger partial charge in [-0.15, -0.1) is 0 Å². The van der Waals surface area contributed by atoms with E-state index in [4.69, 9.17) is 23.2 Å². The maximum atomic E-state index is 12.5. The van der Waals surface area contributed by atoms with E-state index >= 15 is 0 Å².